The van der Waals surface area contributed by atoms with Crippen molar-refractivity contribution in [2.75, 3.05) is 11.1 Å². The average Bonchev–Trinajstić information content (AvgIpc) is 2.54. The molecule has 0 aliphatic heterocycles. The molecule has 0 spiro atoms. The number of rotatable bonds is 6. The van der Waals surface area contributed by atoms with Crippen LogP contribution in [0.15, 0.2) is 54.0 Å². The third kappa shape index (κ3) is 5.10. The number of anilines is 1. The molecule has 6 heteroatoms. The van der Waals surface area contributed by atoms with Crippen LogP contribution in [0.3, 0.4) is 0 Å². The van der Waals surface area contributed by atoms with Gasteiger partial charge >= 0.3 is 0 Å². The molecule has 0 saturated heterocycles. The van der Waals surface area contributed by atoms with Crippen molar-refractivity contribution in [3.63, 3.8) is 0 Å². The molecule has 0 atom stereocenters. The maximum Gasteiger partial charge on any atom is 0.212 e. The lowest BCUT2D eigenvalue weighted by atomic mass is 10.1. The molecule has 0 fully saturated rings. The summed E-state index contributed by atoms with van der Waals surface area (Å²) >= 11 is 1.63. The highest BCUT2D eigenvalue weighted by molar-refractivity contribution is 8.02. The number of nitrogens with one attached hydrogen (secondary N) is 1. The molecule has 2 aromatic heterocycles. The molecule has 23 heavy (non-hydrogen) atoms. The normalized spacial score (nSPS) is 11.9. The van der Waals surface area contributed by atoms with Gasteiger partial charge in [-0.15, -0.1) is 11.8 Å². The van der Waals surface area contributed by atoms with E-state index in [4.69, 9.17) is 5.73 Å². The number of hydrogen-bond donors (Lipinski definition) is 2. The first kappa shape index (κ1) is 17.0. The monoisotopic (exact) mass is 330 g/mol. The largest absolute Gasteiger partial charge is 0.404 e. The number of aryl methyl sites for hydroxylation is 1. The van der Waals surface area contributed by atoms with Crippen molar-refractivity contribution in [3.8, 4) is 11.1 Å². The van der Waals surface area contributed by atoms with E-state index in [9.17, 15) is 4.39 Å². The van der Waals surface area contributed by atoms with E-state index in [1.165, 1.54) is 24.0 Å². The molecule has 0 aromatic carbocycles. The summed E-state index contributed by atoms with van der Waals surface area (Å²) in [4.78, 5) is 8.09. The van der Waals surface area contributed by atoms with Crippen molar-refractivity contribution in [2.45, 2.75) is 13.8 Å². The van der Waals surface area contributed by atoms with E-state index in [-0.39, 0.29) is 0 Å². The minimum absolute atomic E-state index is 0.486. The molecule has 0 saturated carbocycles. The molecular weight excluding hydrogens is 311 g/mol. The molecule has 4 nitrogen and oxygen atoms in total. The van der Waals surface area contributed by atoms with Gasteiger partial charge in [-0.25, -0.2) is 9.97 Å². The summed E-state index contributed by atoms with van der Waals surface area (Å²) in [6, 6.07) is 5.04. The van der Waals surface area contributed by atoms with Crippen molar-refractivity contribution in [1.29, 1.82) is 0 Å². The van der Waals surface area contributed by atoms with Crippen LogP contribution < -0.4 is 11.1 Å². The summed E-state index contributed by atoms with van der Waals surface area (Å²) in [6.45, 7) is 4.02. The molecule has 120 valence electrons. The van der Waals surface area contributed by atoms with Gasteiger partial charge in [-0.05, 0) is 48.6 Å². The SMILES string of the molecule is C/C(=C\Nc1ncc(-c2ccc(F)nc2)cc1C)CS/C=C\N. The van der Waals surface area contributed by atoms with Gasteiger partial charge in [0, 0.05) is 41.7 Å². The molecule has 2 heterocycles. The lowest BCUT2D eigenvalue weighted by Gasteiger charge is -2.08. The summed E-state index contributed by atoms with van der Waals surface area (Å²) in [5.41, 5.74) is 9.23. The van der Waals surface area contributed by atoms with Crippen LogP contribution in [0.1, 0.15) is 12.5 Å². The quantitative estimate of drug-likeness (QED) is 0.782. The first-order chi connectivity index (χ1) is 11.1. The van der Waals surface area contributed by atoms with Crippen LogP contribution in [0.4, 0.5) is 10.2 Å². The first-order valence-corrected chi connectivity index (χ1v) is 8.14. The zero-order chi connectivity index (χ0) is 16.7. The van der Waals surface area contributed by atoms with E-state index in [0.717, 1.165) is 28.3 Å². The minimum Gasteiger partial charge on any atom is -0.404 e. The molecule has 0 amide bonds. The van der Waals surface area contributed by atoms with E-state index in [0.29, 0.717) is 0 Å². The summed E-state index contributed by atoms with van der Waals surface area (Å²) in [6.07, 6.45) is 6.72. The third-order valence-electron chi connectivity index (χ3n) is 3.08. The van der Waals surface area contributed by atoms with Crippen LogP contribution in [0.25, 0.3) is 11.1 Å². The predicted molar refractivity (Wildman–Crippen MR) is 95.3 cm³/mol. The van der Waals surface area contributed by atoms with Crippen molar-refractivity contribution in [2.24, 2.45) is 5.73 Å². The number of pyridine rings is 2. The van der Waals surface area contributed by atoms with Gasteiger partial charge in [0.05, 0.1) is 0 Å². The Morgan fingerprint density at radius 2 is 2.09 bits per heavy atom. The molecule has 2 rings (SSSR count). The second-order valence-corrected chi connectivity index (χ2v) is 5.93. The minimum atomic E-state index is -0.486. The molecule has 0 bridgehead atoms. The summed E-state index contributed by atoms with van der Waals surface area (Å²) in [5, 5.41) is 5.06. The molecule has 2 aromatic rings. The van der Waals surface area contributed by atoms with E-state index in [1.807, 2.05) is 31.5 Å². The Labute approximate surface area is 139 Å². The van der Waals surface area contributed by atoms with E-state index in [1.54, 1.807) is 24.0 Å². The zero-order valence-electron chi connectivity index (χ0n) is 13.1. The second kappa shape index (κ2) is 8.33. The topological polar surface area (TPSA) is 63.8 Å². The van der Waals surface area contributed by atoms with Crippen LogP contribution in [-0.2, 0) is 0 Å². The number of hydrogen-bond acceptors (Lipinski definition) is 5. The van der Waals surface area contributed by atoms with Crippen LogP contribution in [-0.4, -0.2) is 15.7 Å². The van der Waals surface area contributed by atoms with E-state index in [2.05, 4.69) is 15.3 Å². The smallest absolute Gasteiger partial charge is 0.212 e. The molecule has 0 radical (unpaired) electrons. The number of nitrogens with zero attached hydrogens (tertiary/aromatic N) is 2. The van der Waals surface area contributed by atoms with Gasteiger partial charge < -0.3 is 11.1 Å². The van der Waals surface area contributed by atoms with Gasteiger partial charge in [0.1, 0.15) is 5.82 Å². The Kier molecular flexibility index (Phi) is 6.17. The molecule has 0 aliphatic carbocycles. The Morgan fingerprint density at radius 3 is 2.74 bits per heavy atom. The van der Waals surface area contributed by atoms with Crippen molar-refractivity contribution < 1.29 is 4.39 Å². The van der Waals surface area contributed by atoms with Crippen molar-refractivity contribution >= 4 is 17.6 Å². The Balaban J connectivity index is 2.07. The number of nitrogens with two attached hydrogens (primary N) is 1. The number of aromatic nitrogens is 2. The first-order valence-electron chi connectivity index (χ1n) is 7.09. The summed E-state index contributed by atoms with van der Waals surface area (Å²) in [5.74, 6) is 1.17. The third-order valence-corrected chi connectivity index (χ3v) is 4.05. The van der Waals surface area contributed by atoms with Gasteiger partial charge in [0.2, 0.25) is 5.95 Å². The molecule has 0 unspecified atom stereocenters. The number of halogens is 1. The zero-order valence-corrected chi connectivity index (χ0v) is 13.9. The highest BCUT2D eigenvalue weighted by Gasteiger charge is 2.04. The summed E-state index contributed by atoms with van der Waals surface area (Å²) in [7, 11) is 0. The average molecular weight is 330 g/mol. The second-order valence-electron chi connectivity index (χ2n) is 5.03. The van der Waals surface area contributed by atoms with Gasteiger partial charge in [-0.1, -0.05) is 0 Å². The van der Waals surface area contributed by atoms with E-state index < -0.39 is 5.95 Å². The van der Waals surface area contributed by atoms with E-state index >= 15 is 0 Å². The lowest BCUT2D eigenvalue weighted by molar-refractivity contribution is 0.584. The van der Waals surface area contributed by atoms with Crippen LogP contribution in [0.2, 0.25) is 0 Å². The fourth-order valence-electron chi connectivity index (χ4n) is 1.90. The van der Waals surface area contributed by atoms with Crippen LogP contribution in [0, 0.1) is 12.9 Å². The predicted octanol–water partition coefficient (Wildman–Crippen LogP) is 4.07. The van der Waals surface area contributed by atoms with Crippen LogP contribution >= 0.6 is 11.8 Å². The van der Waals surface area contributed by atoms with Crippen molar-refractivity contribution in [1.82, 2.24) is 9.97 Å². The molecular formula is C17H19FN4S. The fraction of sp³-hybridized carbons (Fsp3) is 0.176. The van der Waals surface area contributed by atoms with Gasteiger partial charge in [-0.3, -0.25) is 0 Å². The Hall–Kier alpha value is -2.34. The van der Waals surface area contributed by atoms with Crippen molar-refractivity contribution in [3.05, 3.63) is 65.5 Å². The maximum atomic E-state index is 12.9. The lowest BCUT2D eigenvalue weighted by Crippen LogP contribution is -1.97. The number of thioether (sulfide) groups is 1. The summed E-state index contributed by atoms with van der Waals surface area (Å²) < 4.78 is 12.9. The fourth-order valence-corrected chi connectivity index (χ4v) is 2.45. The van der Waals surface area contributed by atoms with Gasteiger partial charge in [0.15, 0.2) is 0 Å². The highest BCUT2D eigenvalue weighted by atomic mass is 32.2. The standard InChI is InChI=1S/C17H19FN4S/c1-12(11-23-6-5-19)8-21-17-13(2)7-15(10-22-17)14-3-4-16(18)20-9-14/h3-10H,11,19H2,1-2H3,(H,21,22)/b6-5-,12-8+. The molecule has 3 N–H and O–H groups in total. The maximum absolute atomic E-state index is 12.9. The molecule has 0 aliphatic rings. The Morgan fingerprint density at radius 1 is 1.30 bits per heavy atom. The van der Waals surface area contributed by atoms with Crippen LogP contribution in [0.5, 0.6) is 0 Å². The highest BCUT2D eigenvalue weighted by Crippen LogP contribution is 2.22. The Bertz CT molecular complexity index is 711. The van der Waals surface area contributed by atoms with Gasteiger partial charge in [0.25, 0.3) is 0 Å². The van der Waals surface area contributed by atoms with Gasteiger partial charge in [-0.2, -0.15) is 4.39 Å².